The highest BCUT2D eigenvalue weighted by atomic mass is 32.1. The molecule has 0 bridgehead atoms. The molecule has 3 nitrogen and oxygen atoms in total. The molecule has 0 aliphatic carbocycles. The summed E-state index contributed by atoms with van der Waals surface area (Å²) >= 11 is 1.75. The molecule has 96 valence electrons. The lowest BCUT2D eigenvalue weighted by molar-refractivity contribution is -0.120. The predicted molar refractivity (Wildman–Crippen MR) is 75.8 cm³/mol. The minimum Gasteiger partial charge on any atom is -0.359 e. The molecule has 0 aliphatic heterocycles. The van der Waals surface area contributed by atoms with E-state index in [-0.39, 0.29) is 5.91 Å². The Morgan fingerprint density at radius 2 is 2.22 bits per heavy atom. The van der Waals surface area contributed by atoms with Crippen LogP contribution in [0.4, 0.5) is 0 Å². The van der Waals surface area contributed by atoms with Crippen molar-refractivity contribution in [2.75, 3.05) is 7.05 Å². The van der Waals surface area contributed by atoms with Crippen LogP contribution in [0.2, 0.25) is 0 Å². The molecular formula is C14H18N2OS. The number of hydrogen-bond acceptors (Lipinski definition) is 3. The second-order valence-electron chi connectivity index (χ2n) is 4.60. The molecule has 0 radical (unpaired) electrons. The monoisotopic (exact) mass is 262 g/mol. The van der Waals surface area contributed by atoms with Gasteiger partial charge in [0, 0.05) is 19.9 Å². The van der Waals surface area contributed by atoms with Crippen LogP contribution in [0, 0.1) is 5.92 Å². The van der Waals surface area contributed by atoms with Crippen LogP contribution >= 0.6 is 11.3 Å². The van der Waals surface area contributed by atoms with Crippen LogP contribution < -0.4 is 5.32 Å². The van der Waals surface area contributed by atoms with E-state index in [2.05, 4.69) is 23.3 Å². The van der Waals surface area contributed by atoms with Gasteiger partial charge in [-0.05, 0) is 24.5 Å². The summed E-state index contributed by atoms with van der Waals surface area (Å²) in [6.45, 7) is 2.18. The maximum absolute atomic E-state index is 11.2. The largest absolute Gasteiger partial charge is 0.359 e. The lowest BCUT2D eigenvalue weighted by atomic mass is 10.0. The minimum absolute atomic E-state index is 0.117. The number of thiazole rings is 1. The summed E-state index contributed by atoms with van der Waals surface area (Å²) in [7, 11) is 1.68. The van der Waals surface area contributed by atoms with Crippen LogP contribution in [0.3, 0.4) is 0 Å². The van der Waals surface area contributed by atoms with Gasteiger partial charge in [-0.3, -0.25) is 4.79 Å². The molecule has 0 aliphatic rings. The number of carbonyl (C=O) groups is 1. The molecule has 1 aromatic heterocycles. The van der Waals surface area contributed by atoms with E-state index in [1.54, 1.807) is 18.4 Å². The summed E-state index contributed by atoms with van der Waals surface area (Å²) in [5, 5.41) is 3.82. The quantitative estimate of drug-likeness (QED) is 0.900. The zero-order valence-electron chi connectivity index (χ0n) is 10.8. The first-order valence-corrected chi connectivity index (χ1v) is 7.05. The number of aromatic nitrogens is 1. The van der Waals surface area contributed by atoms with E-state index in [0.29, 0.717) is 12.3 Å². The van der Waals surface area contributed by atoms with Crippen LogP contribution in [0.1, 0.15) is 24.8 Å². The molecule has 1 heterocycles. The standard InChI is InChI=1S/C14H18N2OS/c1-10(7-8-13(17)15-2)9-14-16-11-5-3-4-6-12(11)18-14/h3-6,10H,7-9H2,1-2H3,(H,15,17)/t10-/m0/s1. The van der Waals surface area contributed by atoms with Crippen molar-refractivity contribution in [3.05, 3.63) is 29.3 Å². The lowest BCUT2D eigenvalue weighted by Gasteiger charge is -2.08. The van der Waals surface area contributed by atoms with Crippen molar-refractivity contribution in [1.82, 2.24) is 10.3 Å². The van der Waals surface area contributed by atoms with Gasteiger partial charge in [-0.15, -0.1) is 11.3 Å². The third-order valence-electron chi connectivity index (χ3n) is 3.00. The first-order chi connectivity index (χ1) is 8.69. The van der Waals surface area contributed by atoms with Crippen LogP contribution in [0.5, 0.6) is 0 Å². The molecule has 1 amide bonds. The topological polar surface area (TPSA) is 42.0 Å². The summed E-state index contributed by atoms with van der Waals surface area (Å²) in [5.41, 5.74) is 1.08. The number of nitrogens with one attached hydrogen (secondary N) is 1. The van der Waals surface area contributed by atoms with Gasteiger partial charge in [0.05, 0.1) is 15.2 Å². The van der Waals surface area contributed by atoms with Gasteiger partial charge in [0.2, 0.25) is 5.91 Å². The summed E-state index contributed by atoms with van der Waals surface area (Å²) in [6.07, 6.45) is 2.47. The van der Waals surface area contributed by atoms with Gasteiger partial charge in [0.25, 0.3) is 0 Å². The molecule has 0 spiro atoms. The van der Waals surface area contributed by atoms with E-state index in [1.165, 1.54) is 9.71 Å². The Balaban J connectivity index is 1.94. The van der Waals surface area contributed by atoms with Gasteiger partial charge in [-0.2, -0.15) is 0 Å². The van der Waals surface area contributed by atoms with Gasteiger partial charge < -0.3 is 5.32 Å². The molecule has 2 rings (SSSR count). The lowest BCUT2D eigenvalue weighted by Crippen LogP contribution is -2.18. The van der Waals surface area contributed by atoms with Crippen molar-refractivity contribution in [3.63, 3.8) is 0 Å². The number of fused-ring (bicyclic) bond motifs is 1. The highest BCUT2D eigenvalue weighted by molar-refractivity contribution is 7.18. The van der Waals surface area contributed by atoms with Crippen molar-refractivity contribution in [1.29, 1.82) is 0 Å². The molecule has 1 N–H and O–H groups in total. The number of nitrogens with zero attached hydrogens (tertiary/aromatic N) is 1. The maximum atomic E-state index is 11.2. The molecule has 2 aromatic rings. The minimum atomic E-state index is 0.117. The SMILES string of the molecule is CNC(=O)CC[C@H](C)Cc1nc2ccccc2s1. The van der Waals surface area contributed by atoms with Crippen molar-refractivity contribution >= 4 is 27.5 Å². The molecular weight excluding hydrogens is 244 g/mol. The smallest absolute Gasteiger partial charge is 0.219 e. The second kappa shape index (κ2) is 5.96. The van der Waals surface area contributed by atoms with Gasteiger partial charge in [0.1, 0.15) is 0 Å². The zero-order valence-corrected chi connectivity index (χ0v) is 11.6. The maximum Gasteiger partial charge on any atom is 0.219 e. The van der Waals surface area contributed by atoms with Crippen molar-refractivity contribution in [2.45, 2.75) is 26.2 Å². The van der Waals surface area contributed by atoms with Crippen molar-refractivity contribution in [2.24, 2.45) is 5.92 Å². The molecule has 0 unspecified atom stereocenters. The third-order valence-corrected chi connectivity index (χ3v) is 4.06. The van der Waals surface area contributed by atoms with Gasteiger partial charge in [0.15, 0.2) is 0 Å². The molecule has 4 heteroatoms. The molecule has 1 aromatic carbocycles. The van der Waals surface area contributed by atoms with Crippen molar-refractivity contribution < 1.29 is 4.79 Å². The third kappa shape index (κ3) is 3.29. The Morgan fingerprint density at radius 3 is 2.94 bits per heavy atom. The number of carbonyl (C=O) groups excluding carboxylic acids is 1. The van der Waals surface area contributed by atoms with E-state index < -0.39 is 0 Å². The fourth-order valence-corrected chi connectivity index (χ4v) is 3.04. The van der Waals surface area contributed by atoms with Crippen LogP contribution in [-0.2, 0) is 11.2 Å². The van der Waals surface area contributed by atoms with E-state index in [1.807, 2.05) is 18.2 Å². The Bertz CT molecular complexity index is 502. The molecule has 0 fully saturated rings. The zero-order chi connectivity index (χ0) is 13.0. The summed E-state index contributed by atoms with van der Waals surface area (Å²) in [5.74, 6) is 0.606. The van der Waals surface area contributed by atoms with Gasteiger partial charge in [-0.25, -0.2) is 4.98 Å². The molecule has 0 saturated heterocycles. The average molecular weight is 262 g/mol. The van der Waals surface area contributed by atoms with E-state index in [0.717, 1.165) is 18.4 Å². The Kier molecular flexibility index (Phi) is 4.31. The van der Waals surface area contributed by atoms with E-state index in [9.17, 15) is 4.79 Å². The normalized spacial score (nSPS) is 12.6. The number of para-hydroxylation sites is 1. The first kappa shape index (κ1) is 13.0. The Hall–Kier alpha value is -1.42. The van der Waals surface area contributed by atoms with Crippen molar-refractivity contribution in [3.8, 4) is 0 Å². The Morgan fingerprint density at radius 1 is 1.44 bits per heavy atom. The average Bonchev–Trinajstić information content (AvgIpc) is 2.77. The van der Waals surface area contributed by atoms with Crippen LogP contribution in [-0.4, -0.2) is 17.9 Å². The summed E-state index contributed by atoms with van der Waals surface area (Å²) in [6, 6.07) is 8.20. The predicted octanol–water partition coefficient (Wildman–Crippen LogP) is 3.00. The molecule has 18 heavy (non-hydrogen) atoms. The fraction of sp³-hybridized carbons (Fsp3) is 0.429. The van der Waals surface area contributed by atoms with Crippen LogP contribution in [0.25, 0.3) is 10.2 Å². The van der Waals surface area contributed by atoms with E-state index >= 15 is 0 Å². The van der Waals surface area contributed by atoms with Gasteiger partial charge in [-0.1, -0.05) is 19.1 Å². The summed E-state index contributed by atoms with van der Waals surface area (Å²) < 4.78 is 1.24. The summed E-state index contributed by atoms with van der Waals surface area (Å²) in [4.78, 5) is 15.8. The number of rotatable bonds is 5. The number of benzene rings is 1. The number of hydrogen-bond donors (Lipinski definition) is 1. The number of amides is 1. The second-order valence-corrected chi connectivity index (χ2v) is 5.71. The first-order valence-electron chi connectivity index (χ1n) is 6.24. The van der Waals surface area contributed by atoms with Gasteiger partial charge >= 0.3 is 0 Å². The molecule has 1 atom stereocenters. The van der Waals surface area contributed by atoms with Crippen LogP contribution in [0.15, 0.2) is 24.3 Å². The van der Waals surface area contributed by atoms with E-state index in [4.69, 9.17) is 0 Å². The Labute approximate surface area is 111 Å². The highest BCUT2D eigenvalue weighted by Gasteiger charge is 2.10. The highest BCUT2D eigenvalue weighted by Crippen LogP contribution is 2.24. The fourth-order valence-electron chi connectivity index (χ4n) is 1.91. The molecule has 0 saturated carbocycles.